The Hall–Kier alpha value is -2.09. The highest BCUT2D eigenvalue weighted by Crippen LogP contribution is 2.25. The summed E-state index contributed by atoms with van der Waals surface area (Å²) in [7, 11) is 1.77. The number of alkyl halides is 2. The molecule has 2 N–H and O–H groups in total. The highest BCUT2D eigenvalue weighted by Gasteiger charge is 2.42. The number of hydrogen-bond acceptors (Lipinski definition) is 3. The first-order valence-electron chi connectivity index (χ1n) is 7.35. The summed E-state index contributed by atoms with van der Waals surface area (Å²) >= 11 is 0. The van der Waals surface area contributed by atoms with Gasteiger partial charge >= 0.3 is 0 Å². The van der Waals surface area contributed by atoms with Crippen LogP contribution >= 0.6 is 0 Å². The third-order valence-electron chi connectivity index (χ3n) is 4.01. The number of carbonyl (C=O) groups excluding carboxylic acids is 1. The van der Waals surface area contributed by atoms with Crippen LogP contribution in [0.25, 0.3) is 11.0 Å². The van der Waals surface area contributed by atoms with Gasteiger partial charge in [0.15, 0.2) is 0 Å². The van der Waals surface area contributed by atoms with Gasteiger partial charge in [0.2, 0.25) is 5.91 Å². The SMILES string of the molecule is Cn1c(CCNC(=O)C2CC(F)(F)CN2)nc2ccc(F)cc21. The van der Waals surface area contributed by atoms with E-state index >= 15 is 0 Å². The Balaban J connectivity index is 1.59. The first kappa shape index (κ1) is 15.8. The summed E-state index contributed by atoms with van der Waals surface area (Å²) in [4.78, 5) is 16.2. The summed E-state index contributed by atoms with van der Waals surface area (Å²) in [5.41, 5.74) is 1.34. The first-order chi connectivity index (χ1) is 10.9. The van der Waals surface area contributed by atoms with Gasteiger partial charge in [-0.2, -0.15) is 0 Å². The van der Waals surface area contributed by atoms with Crippen molar-refractivity contribution in [2.75, 3.05) is 13.1 Å². The zero-order valence-corrected chi connectivity index (χ0v) is 12.6. The van der Waals surface area contributed by atoms with E-state index in [0.717, 1.165) is 0 Å². The van der Waals surface area contributed by atoms with E-state index in [9.17, 15) is 18.0 Å². The van der Waals surface area contributed by atoms with Crippen LogP contribution in [0.15, 0.2) is 18.2 Å². The molecular weight excluding hydrogens is 309 g/mol. The highest BCUT2D eigenvalue weighted by atomic mass is 19.3. The van der Waals surface area contributed by atoms with Crippen molar-refractivity contribution in [3.8, 4) is 0 Å². The number of nitrogens with zero attached hydrogens (tertiary/aromatic N) is 2. The number of amides is 1. The second-order valence-corrected chi connectivity index (χ2v) is 5.75. The number of aromatic nitrogens is 2. The molecule has 0 bridgehead atoms. The summed E-state index contributed by atoms with van der Waals surface area (Å²) in [5.74, 6) is -2.92. The van der Waals surface area contributed by atoms with Gasteiger partial charge in [-0.05, 0) is 18.2 Å². The van der Waals surface area contributed by atoms with E-state index < -0.39 is 30.8 Å². The number of carbonyl (C=O) groups is 1. The summed E-state index contributed by atoms with van der Waals surface area (Å²) < 4.78 is 41.1. The Bertz CT molecular complexity index is 744. The van der Waals surface area contributed by atoms with Gasteiger partial charge in [0, 0.05) is 26.4 Å². The Morgan fingerprint density at radius 3 is 3.00 bits per heavy atom. The van der Waals surface area contributed by atoms with Gasteiger partial charge in [-0.15, -0.1) is 0 Å². The Morgan fingerprint density at radius 1 is 1.52 bits per heavy atom. The molecule has 2 heterocycles. The molecule has 1 aliphatic heterocycles. The molecule has 1 unspecified atom stereocenters. The van der Waals surface area contributed by atoms with Crippen LogP contribution in [0.3, 0.4) is 0 Å². The van der Waals surface area contributed by atoms with Crippen molar-refractivity contribution in [1.29, 1.82) is 0 Å². The molecule has 1 aromatic carbocycles. The van der Waals surface area contributed by atoms with Crippen molar-refractivity contribution in [3.05, 3.63) is 29.8 Å². The molecule has 3 rings (SSSR count). The number of imidazole rings is 1. The van der Waals surface area contributed by atoms with Crippen LogP contribution in [-0.2, 0) is 18.3 Å². The Morgan fingerprint density at radius 2 is 2.30 bits per heavy atom. The lowest BCUT2D eigenvalue weighted by molar-refractivity contribution is -0.123. The van der Waals surface area contributed by atoms with Crippen molar-refractivity contribution in [2.45, 2.75) is 24.8 Å². The van der Waals surface area contributed by atoms with Crippen LogP contribution in [0.2, 0.25) is 0 Å². The van der Waals surface area contributed by atoms with Gasteiger partial charge in [-0.3, -0.25) is 10.1 Å². The fourth-order valence-electron chi connectivity index (χ4n) is 2.76. The van der Waals surface area contributed by atoms with Crippen LogP contribution in [0.4, 0.5) is 13.2 Å². The molecule has 1 fully saturated rings. The zero-order valence-electron chi connectivity index (χ0n) is 12.6. The molecule has 8 heteroatoms. The van der Waals surface area contributed by atoms with Crippen LogP contribution in [0, 0.1) is 5.82 Å². The predicted molar refractivity (Wildman–Crippen MR) is 78.7 cm³/mol. The highest BCUT2D eigenvalue weighted by molar-refractivity contribution is 5.82. The average Bonchev–Trinajstić information content (AvgIpc) is 3.00. The molecule has 1 amide bonds. The molecule has 1 aromatic heterocycles. The number of rotatable bonds is 4. The van der Waals surface area contributed by atoms with Gasteiger partial charge in [-0.25, -0.2) is 18.2 Å². The number of hydrogen-bond donors (Lipinski definition) is 2. The van der Waals surface area contributed by atoms with E-state index in [1.165, 1.54) is 12.1 Å². The van der Waals surface area contributed by atoms with Gasteiger partial charge in [0.25, 0.3) is 5.92 Å². The molecule has 1 atom stereocenters. The standard InChI is InChI=1S/C15H17F3N4O/c1-22-12-6-9(16)2-3-10(12)21-13(22)4-5-19-14(23)11-7-15(17,18)8-20-11/h2-3,6,11,20H,4-5,7-8H2,1H3,(H,19,23). The molecule has 0 aliphatic carbocycles. The van der Waals surface area contributed by atoms with Gasteiger partial charge in [0.1, 0.15) is 11.6 Å². The molecule has 2 aromatic rings. The van der Waals surface area contributed by atoms with Crippen LogP contribution in [0.5, 0.6) is 0 Å². The largest absolute Gasteiger partial charge is 0.354 e. The monoisotopic (exact) mass is 326 g/mol. The Kier molecular flexibility index (Phi) is 4.01. The maximum Gasteiger partial charge on any atom is 0.262 e. The number of aryl methyl sites for hydroxylation is 1. The number of halogens is 3. The summed E-state index contributed by atoms with van der Waals surface area (Å²) in [6.07, 6.45) is -0.0496. The van der Waals surface area contributed by atoms with Crippen LogP contribution in [-0.4, -0.2) is 40.5 Å². The van der Waals surface area contributed by atoms with E-state index in [1.54, 1.807) is 17.7 Å². The fraction of sp³-hybridized carbons (Fsp3) is 0.467. The van der Waals surface area contributed by atoms with Crippen molar-refractivity contribution in [3.63, 3.8) is 0 Å². The van der Waals surface area contributed by atoms with E-state index in [-0.39, 0.29) is 12.4 Å². The topological polar surface area (TPSA) is 59.0 Å². The maximum absolute atomic E-state index is 13.3. The quantitative estimate of drug-likeness (QED) is 0.892. The third kappa shape index (κ3) is 3.31. The van der Waals surface area contributed by atoms with E-state index in [4.69, 9.17) is 0 Å². The van der Waals surface area contributed by atoms with Gasteiger partial charge in [0.05, 0.1) is 23.6 Å². The lowest BCUT2D eigenvalue weighted by Gasteiger charge is -2.11. The smallest absolute Gasteiger partial charge is 0.262 e. The molecule has 124 valence electrons. The fourth-order valence-corrected chi connectivity index (χ4v) is 2.76. The molecule has 1 saturated heterocycles. The van der Waals surface area contributed by atoms with Crippen molar-refractivity contribution in [2.24, 2.45) is 7.05 Å². The van der Waals surface area contributed by atoms with E-state index in [0.29, 0.717) is 23.3 Å². The lowest BCUT2D eigenvalue weighted by Crippen LogP contribution is -2.41. The summed E-state index contributed by atoms with van der Waals surface area (Å²) in [5, 5.41) is 5.14. The number of fused-ring (bicyclic) bond motifs is 1. The molecule has 5 nitrogen and oxygen atoms in total. The maximum atomic E-state index is 13.3. The molecule has 23 heavy (non-hydrogen) atoms. The second kappa shape index (κ2) is 5.84. The molecule has 0 spiro atoms. The average molecular weight is 326 g/mol. The van der Waals surface area contributed by atoms with Crippen molar-refractivity contribution in [1.82, 2.24) is 20.2 Å². The predicted octanol–water partition coefficient (Wildman–Crippen LogP) is 1.37. The zero-order chi connectivity index (χ0) is 16.6. The summed E-state index contributed by atoms with van der Waals surface area (Å²) in [6, 6.07) is 3.47. The third-order valence-corrected chi connectivity index (χ3v) is 4.01. The minimum absolute atomic E-state index is 0.280. The summed E-state index contributed by atoms with van der Waals surface area (Å²) in [6.45, 7) is -0.191. The normalized spacial score (nSPS) is 20.1. The van der Waals surface area contributed by atoms with Gasteiger partial charge < -0.3 is 9.88 Å². The Labute approximate surface area is 130 Å². The number of nitrogens with one attached hydrogen (secondary N) is 2. The first-order valence-corrected chi connectivity index (χ1v) is 7.35. The minimum Gasteiger partial charge on any atom is -0.354 e. The van der Waals surface area contributed by atoms with Crippen LogP contribution in [0.1, 0.15) is 12.2 Å². The second-order valence-electron chi connectivity index (χ2n) is 5.75. The lowest BCUT2D eigenvalue weighted by atomic mass is 10.2. The molecule has 0 saturated carbocycles. The molecule has 0 radical (unpaired) electrons. The van der Waals surface area contributed by atoms with Crippen LogP contribution < -0.4 is 10.6 Å². The van der Waals surface area contributed by atoms with Gasteiger partial charge in [-0.1, -0.05) is 0 Å². The van der Waals surface area contributed by atoms with E-state index in [2.05, 4.69) is 15.6 Å². The van der Waals surface area contributed by atoms with Crippen molar-refractivity contribution < 1.29 is 18.0 Å². The van der Waals surface area contributed by atoms with Crippen molar-refractivity contribution >= 4 is 16.9 Å². The molecular formula is C15H17F3N4O. The number of benzene rings is 1. The van der Waals surface area contributed by atoms with E-state index in [1.807, 2.05) is 0 Å². The molecule has 1 aliphatic rings. The minimum atomic E-state index is -2.83.